The molecule has 0 fully saturated rings. The first-order valence-corrected chi connectivity index (χ1v) is 6.34. The van der Waals surface area contributed by atoms with Crippen molar-refractivity contribution in [3.05, 3.63) is 24.0 Å². The van der Waals surface area contributed by atoms with Gasteiger partial charge in [-0.2, -0.15) is 0 Å². The molecular formula is C9H14N2O4S. The molecule has 0 aliphatic carbocycles. The van der Waals surface area contributed by atoms with E-state index >= 15 is 0 Å². The molecule has 0 aliphatic rings. The number of hydrogen-bond donors (Lipinski definition) is 2. The van der Waals surface area contributed by atoms with Crippen molar-refractivity contribution >= 4 is 16.0 Å². The Balaban J connectivity index is 2.45. The lowest BCUT2D eigenvalue weighted by Gasteiger charge is -2.03. The smallest absolute Gasteiger partial charge is 0.304 e. The number of nitrogens with zero attached hydrogens (tertiary/aromatic N) is 1. The first-order chi connectivity index (χ1) is 7.39. The summed E-state index contributed by atoms with van der Waals surface area (Å²) < 4.78 is 26.8. The molecule has 0 radical (unpaired) electrons. The van der Waals surface area contributed by atoms with Crippen LogP contribution in [0.5, 0.6) is 0 Å². The summed E-state index contributed by atoms with van der Waals surface area (Å²) in [5.74, 6) is -1.51. The molecule has 0 amide bonds. The van der Waals surface area contributed by atoms with Gasteiger partial charge in [-0.3, -0.25) is 4.79 Å². The molecule has 0 spiro atoms. The molecule has 1 aromatic heterocycles. The number of sulfonamides is 1. The molecule has 0 saturated carbocycles. The van der Waals surface area contributed by atoms with Gasteiger partial charge in [-0.25, -0.2) is 13.1 Å². The van der Waals surface area contributed by atoms with Gasteiger partial charge in [0.15, 0.2) is 0 Å². The minimum atomic E-state index is -3.51. The number of rotatable bonds is 6. The van der Waals surface area contributed by atoms with Crippen LogP contribution in [0.4, 0.5) is 0 Å². The fraction of sp³-hybridized carbons (Fsp3) is 0.444. The Hall–Kier alpha value is -1.34. The van der Waals surface area contributed by atoms with Crippen LogP contribution >= 0.6 is 0 Å². The maximum absolute atomic E-state index is 11.3. The summed E-state index contributed by atoms with van der Waals surface area (Å²) in [7, 11) is -1.67. The average molecular weight is 246 g/mol. The largest absolute Gasteiger partial charge is 0.481 e. The van der Waals surface area contributed by atoms with Crippen LogP contribution in [0.25, 0.3) is 0 Å². The lowest BCUT2D eigenvalue weighted by molar-refractivity contribution is -0.136. The Kier molecular flexibility index (Phi) is 4.08. The topological polar surface area (TPSA) is 88.4 Å². The van der Waals surface area contributed by atoms with Crippen molar-refractivity contribution in [3.63, 3.8) is 0 Å². The summed E-state index contributed by atoms with van der Waals surface area (Å²) >= 11 is 0. The lowest BCUT2D eigenvalue weighted by Crippen LogP contribution is -2.26. The van der Waals surface area contributed by atoms with Crippen LogP contribution in [-0.4, -0.2) is 29.8 Å². The molecule has 6 nitrogen and oxygen atoms in total. The fourth-order valence-electron chi connectivity index (χ4n) is 1.15. The van der Waals surface area contributed by atoms with Crippen molar-refractivity contribution in [1.82, 2.24) is 9.29 Å². The molecule has 0 atom stereocenters. The van der Waals surface area contributed by atoms with Crippen LogP contribution in [0.2, 0.25) is 0 Å². The molecule has 0 bridgehead atoms. The summed E-state index contributed by atoms with van der Waals surface area (Å²) in [6, 6.07) is 1.79. The second kappa shape index (κ2) is 5.13. The minimum Gasteiger partial charge on any atom is -0.481 e. The summed E-state index contributed by atoms with van der Waals surface area (Å²) in [6.45, 7) is 0.183. The lowest BCUT2D eigenvalue weighted by atomic mass is 10.4. The molecule has 1 aromatic rings. The Morgan fingerprint density at radius 2 is 2.25 bits per heavy atom. The van der Waals surface area contributed by atoms with Gasteiger partial charge in [0, 0.05) is 26.0 Å². The zero-order chi connectivity index (χ0) is 12.2. The predicted molar refractivity (Wildman–Crippen MR) is 58.3 cm³/mol. The van der Waals surface area contributed by atoms with Gasteiger partial charge in [-0.05, 0) is 11.6 Å². The molecule has 0 unspecified atom stereocenters. The number of aliphatic carboxylic acids is 1. The number of aromatic nitrogens is 1. The molecular weight excluding hydrogens is 232 g/mol. The highest BCUT2D eigenvalue weighted by molar-refractivity contribution is 7.89. The SMILES string of the molecule is Cn1ccc(CNS(=O)(=O)CCC(=O)O)c1. The third-order valence-electron chi connectivity index (χ3n) is 1.97. The maximum atomic E-state index is 11.3. The molecule has 1 rings (SSSR count). The van der Waals surface area contributed by atoms with E-state index in [0.29, 0.717) is 0 Å². The van der Waals surface area contributed by atoms with Gasteiger partial charge in [0.1, 0.15) is 0 Å². The van der Waals surface area contributed by atoms with Crippen LogP contribution in [-0.2, 0) is 28.4 Å². The highest BCUT2D eigenvalue weighted by Crippen LogP contribution is 2.00. The molecule has 7 heteroatoms. The zero-order valence-corrected chi connectivity index (χ0v) is 9.70. The van der Waals surface area contributed by atoms with E-state index in [2.05, 4.69) is 4.72 Å². The van der Waals surface area contributed by atoms with Gasteiger partial charge >= 0.3 is 5.97 Å². The summed E-state index contributed by atoms with van der Waals surface area (Å²) in [5, 5.41) is 8.37. The molecule has 1 heterocycles. The molecule has 2 N–H and O–H groups in total. The zero-order valence-electron chi connectivity index (χ0n) is 8.88. The van der Waals surface area contributed by atoms with Crippen LogP contribution in [0, 0.1) is 0 Å². The molecule has 0 saturated heterocycles. The number of hydrogen-bond acceptors (Lipinski definition) is 3. The Morgan fingerprint density at radius 1 is 1.56 bits per heavy atom. The van der Waals surface area contributed by atoms with Crippen molar-refractivity contribution < 1.29 is 18.3 Å². The number of carbonyl (C=O) groups is 1. The second-order valence-corrected chi connectivity index (χ2v) is 5.40. The minimum absolute atomic E-state index is 0.183. The fourth-order valence-corrected chi connectivity index (χ4v) is 2.13. The third-order valence-corrected chi connectivity index (χ3v) is 3.30. The van der Waals surface area contributed by atoms with E-state index in [1.165, 1.54) is 0 Å². The normalized spacial score (nSPS) is 11.6. The standard InChI is InChI=1S/C9H14N2O4S/c1-11-4-2-8(7-11)6-10-16(14,15)5-3-9(12)13/h2,4,7,10H,3,5-6H2,1H3,(H,12,13). The second-order valence-electron chi connectivity index (χ2n) is 3.47. The van der Waals surface area contributed by atoms with E-state index in [4.69, 9.17) is 5.11 Å². The Morgan fingerprint density at radius 3 is 2.75 bits per heavy atom. The maximum Gasteiger partial charge on any atom is 0.304 e. The van der Waals surface area contributed by atoms with E-state index in [9.17, 15) is 13.2 Å². The highest BCUT2D eigenvalue weighted by Gasteiger charge is 2.12. The van der Waals surface area contributed by atoms with Crippen LogP contribution in [0.15, 0.2) is 18.5 Å². The first kappa shape index (κ1) is 12.7. The van der Waals surface area contributed by atoms with Crippen LogP contribution in [0.3, 0.4) is 0 Å². The predicted octanol–water partition coefficient (Wildman–Crippen LogP) is -0.0808. The van der Waals surface area contributed by atoms with E-state index in [0.717, 1.165) is 5.56 Å². The van der Waals surface area contributed by atoms with Gasteiger partial charge in [0.2, 0.25) is 10.0 Å². The number of carboxylic acid groups (broad SMARTS) is 1. The van der Waals surface area contributed by atoms with Gasteiger partial charge < -0.3 is 9.67 Å². The van der Waals surface area contributed by atoms with Crippen LogP contribution < -0.4 is 4.72 Å². The van der Waals surface area contributed by atoms with E-state index in [1.807, 2.05) is 7.05 Å². The van der Waals surface area contributed by atoms with E-state index in [1.54, 1.807) is 23.0 Å². The Bertz CT molecular complexity index is 464. The summed E-state index contributed by atoms with van der Waals surface area (Å²) in [5.41, 5.74) is 0.835. The van der Waals surface area contributed by atoms with Gasteiger partial charge in [0.05, 0.1) is 12.2 Å². The first-order valence-electron chi connectivity index (χ1n) is 4.69. The quantitative estimate of drug-likeness (QED) is 0.734. The van der Waals surface area contributed by atoms with Crippen molar-refractivity contribution in [2.75, 3.05) is 5.75 Å². The van der Waals surface area contributed by atoms with Gasteiger partial charge in [-0.15, -0.1) is 0 Å². The van der Waals surface area contributed by atoms with Gasteiger partial charge in [0.25, 0.3) is 0 Å². The molecule has 0 aliphatic heterocycles. The molecule has 16 heavy (non-hydrogen) atoms. The van der Waals surface area contributed by atoms with Crippen molar-refractivity contribution in [2.24, 2.45) is 7.05 Å². The van der Waals surface area contributed by atoms with E-state index < -0.39 is 21.7 Å². The van der Waals surface area contributed by atoms with Crippen molar-refractivity contribution in [1.29, 1.82) is 0 Å². The Labute approximate surface area is 93.9 Å². The highest BCUT2D eigenvalue weighted by atomic mass is 32.2. The number of nitrogens with one attached hydrogen (secondary N) is 1. The summed E-state index contributed by atoms with van der Waals surface area (Å²) in [4.78, 5) is 10.2. The number of aryl methyl sites for hydroxylation is 1. The summed E-state index contributed by atoms with van der Waals surface area (Å²) in [6.07, 6.45) is 3.21. The van der Waals surface area contributed by atoms with Crippen molar-refractivity contribution in [2.45, 2.75) is 13.0 Å². The third kappa shape index (κ3) is 4.45. The van der Waals surface area contributed by atoms with Crippen molar-refractivity contribution in [3.8, 4) is 0 Å². The van der Waals surface area contributed by atoms with Crippen LogP contribution in [0.1, 0.15) is 12.0 Å². The van der Waals surface area contributed by atoms with Gasteiger partial charge in [-0.1, -0.05) is 0 Å². The number of carboxylic acids is 1. The molecule has 90 valence electrons. The van der Waals surface area contributed by atoms with E-state index in [-0.39, 0.29) is 13.0 Å². The molecule has 0 aromatic carbocycles. The average Bonchev–Trinajstić information content (AvgIpc) is 2.59. The monoisotopic (exact) mass is 246 g/mol.